The van der Waals surface area contributed by atoms with E-state index in [-0.39, 0.29) is 29.4 Å². The third-order valence-corrected chi connectivity index (χ3v) is 5.21. The van der Waals surface area contributed by atoms with Crippen LogP contribution in [0.1, 0.15) is 19.8 Å². The second-order valence-electron chi connectivity index (χ2n) is 3.55. The Balaban J connectivity index is 3.25. The van der Waals surface area contributed by atoms with Crippen LogP contribution in [0.5, 0.6) is 0 Å². The summed E-state index contributed by atoms with van der Waals surface area (Å²) in [5.41, 5.74) is 0. The predicted molar refractivity (Wildman–Crippen MR) is 64.0 cm³/mol. The van der Waals surface area contributed by atoms with Crippen LogP contribution >= 0.6 is 0 Å². The highest BCUT2D eigenvalue weighted by Gasteiger charge is 2.31. The van der Waals surface area contributed by atoms with Crippen LogP contribution in [0.3, 0.4) is 0 Å². The van der Waals surface area contributed by atoms with Gasteiger partial charge in [0.1, 0.15) is 0 Å². The van der Waals surface area contributed by atoms with Gasteiger partial charge in [0.25, 0.3) is 0 Å². The molecular weight excluding hydrogens is 228 g/mol. The molecule has 0 N–H and O–H groups in total. The zero-order valence-corrected chi connectivity index (χ0v) is 10.2. The highest BCUT2D eigenvalue weighted by molar-refractivity contribution is 8.05. The van der Waals surface area contributed by atoms with Crippen LogP contribution in [0, 0.1) is 0 Å². The standard InChI is InChI=1S/C11H16O4S/c1-3-7-16(14)8-5-6-9(12)10(16)11(13)15-4-2/h3H,1,4-8H2,2H3. The summed E-state index contributed by atoms with van der Waals surface area (Å²) in [4.78, 5) is 23.1. The van der Waals surface area contributed by atoms with E-state index < -0.39 is 15.5 Å². The molecule has 1 atom stereocenters. The number of hydrogen-bond acceptors (Lipinski definition) is 4. The molecule has 0 saturated heterocycles. The van der Waals surface area contributed by atoms with E-state index in [9.17, 15) is 13.8 Å². The number of ketones is 1. The molecule has 4 nitrogen and oxygen atoms in total. The Labute approximate surface area is 95.7 Å². The average Bonchev–Trinajstić information content (AvgIpc) is 2.17. The molecule has 1 rings (SSSR count). The molecule has 0 aromatic carbocycles. The van der Waals surface area contributed by atoms with Gasteiger partial charge >= 0.3 is 5.97 Å². The second kappa shape index (κ2) is 5.30. The third kappa shape index (κ3) is 2.52. The number of esters is 1. The van der Waals surface area contributed by atoms with E-state index in [1.807, 2.05) is 0 Å². The molecule has 5 heteroatoms. The van der Waals surface area contributed by atoms with E-state index >= 15 is 0 Å². The summed E-state index contributed by atoms with van der Waals surface area (Å²) in [6.45, 7) is 5.34. The van der Waals surface area contributed by atoms with Crippen molar-refractivity contribution in [3.8, 4) is 0 Å². The minimum absolute atomic E-state index is 0.138. The van der Waals surface area contributed by atoms with Crippen molar-refractivity contribution >= 4 is 26.1 Å². The van der Waals surface area contributed by atoms with Gasteiger partial charge in [-0.1, -0.05) is 6.08 Å². The lowest BCUT2D eigenvalue weighted by Gasteiger charge is -2.19. The fourth-order valence-corrected chi connectivity index (χ4v) is 4.12. The summed E-state index contributed by atoms with van der Waals surface area (Å²) in [7, 11) is -2.58. The van der Waals surface area contributed by atoms with Crippen molar-refractivity contribution in [2.24, 2.45) is 0 Å². The summed E-state index contributed by atoms with van der Waals surface area (Å²) in [6.07, 6.45) is 2.33. The molecule has 0 amide bonds. The highest BCUT2D eigenvalue weighted by atomic mass is 32.2. The molecule has 1 unspecified atom stereocenters. The van der Waals surface area contributed by atoms with Crippen molar-refractivity contribution in [2.75, 3.05) is 18.1 Å². The second-order valence-corrected chi connectivity index (χ2v) is 6.32. The molecule has 0 aliphatic carbocycles. The minimum Gasteiger partial charge on any atom is -0.462 e. The first-order valence-electron chi connectivity index (χ1n) is 5.23. The van der Waals surface area contributed by atoms with Gasteiger partial charge in [0, 0.05) is 17.9 Å². The highest BCUT2D eigenvalue weighted by Crippen LogP contribution is 2.13. The fourth-order valence-electron chi connectivity index (χ4n) is 1.71. The van der Waals surface area contributed by atoms with Crippen LogP contribution < -0.4 is 0 Å². The lowest BCUT2D eigenvalue weighted by molar-refractivity contribution is -0.135. The Hall–Kier alpha value is -1.10. The van der Waals surface area contributed by atoms with Crippen molar-refractivity contribution in [3.05, 3.63) is 12.7 Å². The van der Waals surface area contributed by atoms with E-state index in [0.717, 1.165) is 0 Å². The Morgan fingerprint density at radius 2 is 2.31 bits per heavy atom. The molecule has 0 aromatic rings. The maximum absolute atomic E-state index is 12.4. The van der Waals surface area contributed by atoms with E-state index in [4.69, 9.17) is 4.74 Å². The largest absolute Gasteiger partial charge is 0.462 e. The van der Waals surface area contributed by atoms with Crippen LogP contribution in [0.2, 0.25) is 0 Å². The van der Waals surface area contributed by atoms with Crippen LogP contribution in [-0.2, 0) is 23.8 Å². The number of rotatable bonds is 4. The zero-order chi connectivity index (χ0) is 12.2. The van der Waals surface area contributed by atoms with Crippen molar-refractivity contribution in [1.29, 1.82) is 0 Å². The van der Waals surface area contributed by atoms with E-state index in [0.29, 0.717) is 12.2 Å². The Morgan fingerprint density at radius 3 is 2.88 bits per heavy atom. The molecule has 1 aliphatic heterocycles. The molecule has 0 bridgehead atoms. The van der Waals surface area contributed by atoms with Crippen LogP contribution in [0.25, 0.3) is 0 Å². The summed E-state index contributed by atoms with van der Waals surface area (Å²) in [5.74, 6) is -0.512. The van der Waals surface area contributed by atoms with Crippen molar-refractivity contribution in [3.63, 3.8) is 0 Å². The van der Waals surface area contributed by atoms with Crippen LogP contribution in [0.4, 0.5) is 0 Å². The summed E-state index contributed by atoms with van der Waals surface area (Å²) < 4.78 is 17.2. The minimum atomic E-state index is -2.58. The van der Waals surface area contributed by atoms with Gasteiger partial charge in [-0.15, -0.1) is 6.58 Å². The Bertz CT molecular complexity index is 427. The molecule has 0 radical (unpaired) electrons. The van der Waals surface area contributed by atoms with E-state index in [2.05, 4.69) is 6.58 Å². The van der Waals surface area contributed by atoms with Crippen molar-refractivity contribution < 1.29 is 18.5 Å². The SMILES string of the molecule is C=CCS1(=O)=C(C(=O)OCC)C(=O)CCC1. The maximum Gasteiger partial charge on any atom is 0.349 e. The van der Waals surface area contributed by atoms with Gasteiger partial charge in [-0.05, 0) is 22.9 Å². The molecule has 90 valence electrons. The van der Waals surface area contributed by atoms with Gasteiger partial charge in [-0.3, -0.25) is 9.00 Å². The third-order valence-electron chi connectivity index (χ3n) is 2.35. The molecule has 1 heterocycles. The lowest BCUT2D eigenvalue weighted by Crippen LogP contribution is -2.38. The maximum atomic E-state index is 12.4. The average molecular weight is 244 g/mol. The number of carbonyl (C=O) groups is 2. The summed E-state index contributed by atoms with van der Waals surface area (Å²) >= 11 is 0. The normalized spacial score (nSPS) is 25.3. The first-order valence-corrected chi connectivity index (χ1v) is 7.12. The first kappa shape index (κ1) is 13.0. The zero-order valence-electron chi connectivity index (χ0n) is 9.36. The molecule has 0 spiro atoms. The lowest BCUT2D eigenvalue weighted by atomic mass is 10.2. The summed E-state index contributed by atoms with van der Waals surface area (Å²) in [5, 5.41) is 0. The fraction of sp³-hybridized carbons (Fsp3) is 0.545. The monoisotopic (exact) mass is 244 g/mol. The van der Waals surface area contributed by atoms with Gasteiger partial charge in [0.2, 0.25) is 0 Å². The number of Topliss-reactive ketones (excluding diaryl/α,β-unsaturated/α-hetero) is 1. The summed E-state index contributed by atoms with van der Waals surface area (Å²) in [6, 6.07) is 0. The number of carbonyl (C=O) groups excluding carboxylic acids is 2. The predicted octanol–water partition coefficient (Wildman–Crippen LogP) is 0.555. The van der Waals surface area contributed by atoms with E-state index in [1.54, 1.807) is 6.92 Å². The number of ether oxygens (including phenoxy) is 1. The van der Waals surface area contributed by atoms with Gasteiger partial charge in [0.15, 0.2) is 10.6 Å². The van der Waals surface area contributed by atoms with Crippen molar-refractivity contribution in [2.45, 2.75) is 19.8 Å². The molecular formula is C11H16O4S. The van der Waals surface area contributed by atoms with Gasteiger partial charge < -0.3 is 4.74 Å². The quantitative estimate of drug-likeness (QED) is 0.412. The molecule has 16 heavy (non-hydrogen) atoms. The van der Waals surface area contributed by atoms with Gasteiger partial charge in [-0.25, -0.2) is 4.79 Å². The van der Waals surface area contributed by atoms with E-state index in [1.165, 1.54) is 6.08 Å². The van der Waals surface area contributed by atoms with Crippen molar-refractivity contribution in [1.82, 2.24) is 0 Å². The van der Waals surface area contributed by atoms with Crippen LogP contribution in [0.15, 0.2) is 12.7 Å². The van der Waals surface area contributed by atoms with Gasteiger partial charge in [0.05, 0.1) is 6.61 Å². The van der Waals surface area contributed by atoms with Gasteiger partial charge in [-0.2, -0.15) is 0 Å². The molecule has 0 saturated carbocycles. The number of hydrogen-bond donors (Lipinski definition) is 0. The smallest absolute Gasteiger partial charge is 0.349 e. The topological polar surface area (TPSA) is 60.4 Å². The Kier molecular flexibility index (Phi) is 4.29. The van der Waals surface area contributed by atoms with Crippen LogP contribution in [-0.4, -0.2) is 38.9 Å². The Morgan fingerprint density at radius 1 is 1.62 bits per heavy atom. The molecule has 1 aliphatic rings. The molecule has 0 fully saturated rings. The first-order chi connectivity index (χ1) is 7.55. The molecule has 0 aromatic heterocycles.